The van der Waals surface area contributed by atoms with Crippen molar-refractivity contribution in [3.05, 3.63) is 51.8 Å². The molecular formula is C13H11Cl2FN2S. The molecule has 6 heteroatoms. The Morgan fingerprint density at radius 3 is 2.47 bits per heavy atom. The Kier molecular flexibility index (Phi) is 5.02. The molecular weight excluding hydrogens is 306 g/mol. The average Bonchev–Trinajstić information content (AvgIpc) is 2.36. The van der Waals surface area contributed by atoms with Gasteiger partial charge in [-0.25, -0.2) is 14.4 Å². The van der Waals surface area contributed by atoms with Gasteiger partial charge in [-0.2, -0.15) is 0 Å². The Balaban J connectivity index is 2.12. The lowest BCUT2D eigenvalue weighted by Crippen LogP contribution is -1.98. The summed E-state index contributed by atoms with van der Waals surface area (Å²) in [5, 5.41) is 0.773. The van der Waals surface area contributed by atoms with E-state index in [1.165, 1.54) is 23.9 Å². The van der Waals surface area contributed by atoms with Crippen LogP contribution in [0.1, 0.15) is 18.3 Å². The minimum absolute atomic E-state index is 0.261. The van der Waals surface area contributed by atoms with E-state index in [9.17, 15) is 4.39 Å². The maximum atomic E-state index is 13.0. The van der Waals surface area contributed by atoms with Gasteiger partial charge < -0.3 is 0 Å². The second kappa shape index (κ2) is 6.55. The summed E-state index contributed by atoms with van der Waals surface area (Å²) in [4.78, 5) is 9.21. The lowest BCUT2D eigenvalue weighted by Gasteiger charge is -2.06. The van der Waals surface area contributed by atoms with E-state index in [0.717, 1.165) is 10.5 Å². The minimum Gasteiger partial charge on any atom is -0.220 e. The first-order valence-corrected chi connectivity index (χ1v) is 7.43. The number of hydrogen-bond donors (Lipinski definition) is 0. The van der Waals surface area contributed by atoms with Crippen molar-refractivity contribution in [1.82, 2.24) is 9.97 Å². The van der Waals surface area contributed by atoms with Crippen LogP contribution in [-0.2, 0) is 12.2 Å². The van der Waals surface area contributed by atoms with Gasteiger partial charge in [0.1, 0.15) is 21.9 Å². The molecule has 0 aliphatic rings. The molecule has 0 fully saturated rings. The highest BCUT2D eigenvalue weighted by atomic mass is 35.5. The van der Waals surface area contributed by atoms with E-state index in [1.54, 1.807) is 6.07 Å². The van der Waals surface area contributed by atoms with E-state index >= 15 is 0 Å². The van der Waals surface area contributed by atoms with E-state index in [-0.39, 0.29) is 5.82 Å². The van der Waals surface area contributed by atoms with Crippen LogP contribution >= 0.6 is 35.0 Å². The summed E-state index contributed by atoms with van der Waals surface area (Å²) in [6, 6.07) is 6.37. The monoisotopic (exact) mass is 316 g/mol. The first-order valence-electron chi connectivity index (χ1n) is 5.69. The first-order chi connectivity index (χ1) is 9.10. The number of halogens is 3. The van der Waals surface area contributed by atoms with Crippen LogP contribution in [0.15, 0.2) is 29.2 Å². The van der Waals surface area contributed by atoms with Gasteiger partial charge >= 0.3 is 0 Å². The Hall–Kier alpha value is -0.840. The van der Waals surface area contributed by atoms with Gasteiger partial charge in [-0.15, -0.1) is 11.8 Å². The SMILES string of the molecule is CCc1c(Cl)nc(CSc2cccc(F)c2)nc1Cl. The molecule has 100 valence electrons. The summed E-state index contributed by atoms with van der Waals surface area (Å²) in [5.41, 5.74) is 0.753. The zero-order chi connectivity index (χ0) is 13.8. The Bertz CT molecular complexity index is 570. The molecule has 2 aromatic rings. The molecule has 0 N–H and O–H groups in total. The van der Waals surface area contributed by atoms with E-state index in [1.807, 2.05) is 13.0 Å². The van der Waals surface area contributed by atoms with Crippen LogP contribution < -0.4 is 0 Å². The maximum Gasteiger partial charge on any atom is 0.142 e. The smallest absolute Gasteiger partial charge is 0.142 e. The minimum atomic E-state index is -0.261. The van der Waals surface area contributed by atoms with Crippen LogP contribution in [0.5, 0.6) is 0 Å². The number of benzene rings is 1. The van der Waals surface area contributed by atoms with Gasteiger partial charge in [-0.3, -0.25) is 0 Å². The maximum absolute atomic E-state index is 13.0. The van der Waals surface area contributed by atoms with Crippen molar-refractivity contribution < 1.29 is 4.39 Å². The third-order valence-electron chi connectivity index (χ3n) is 2.47. The highest BCUT2D eigenvalue weighted by Crippen LogP contribution is 2.26. The summed E-state index contributed by atoms with van der Waals surface area (Å²) in [5.74, 6) is 0.775. The lowest BCUT2D eigenvalue weighted by molar-refractivity contribution is 0.624. The van der Waals surface area contributed by atoms with Crippen LogP contribution in [0, 0.1) is 5.82 Å². The summed E-state index contributed by atoms with van der Waals surface area (Å²) < 4.78 is 13.0. The number of nitrogens with zero attached hydrogens (tertiary/aromatic N) is 2. The molecule has 0 aliphatic carbocycles. The highest BCUT2D eigenvalue weighted by Gasteiger charge is 2.10. The van der Waals surface area contributed by atoms with Crippen molar-refractivity contribution in [2.75, 3.05) is 0 Å². The first kappa shape index (κ1) is 14.6. The van der Waals surface area contributed by atoms with E-state index in [4.69, 9.17) is 23.2 Å². The predicted octanol–water partition coefficient (Wildman–Crippen LogP) is 4.78. The number of aromatic nitrogens is 2. The topological polar surface area (TPSA) is 25.8 Å². The molecule has 0 atom stereocenters. The zero-order valence-electron chi connectivity index (χ0n) is 10.2. The molecule has 0 amide bonds. The summed E-state index contributed by atoms with van der Waals surface area (Å²) >= 11 is 13.5. The fraction of sp³-hybridized carbons (Fsp3) is 0.231. The normalized spacial score (nSPS) is 10.7. The average molecular weight is 317 g/mol. The Labute approximate surface area is 125 Å². The predicted molar refractivity (Wildman–Crippen MR) is 77.4 cm³/mol. The Morgan fingerprint density at radius 2 is 1.89 bits per heavy atom. The largest absolute Gasteiger partial charge is 0.220 e. The van der Waals surface area contributed by atoms with Crippen LogP contribution in [0.4, 0.5) is 4.39 Å². The molecule has 0 saturated heterocycles. The van der Waals surface area contributed by atoms with E-state index in [0.29, 0.717) is 28.3 Å². The molecule has 0 aliphatic heterocycles. The highest BCUT2D eigenvalue weighted by molar-refractivity contribution is 7.98. The van der Waals surface area contributed by atoms with Crippen molar-refractivity contribution in [3.8, 4) is 0 Å². The quantitative estimate of drug-likeness (QED) is 0.600. The lowest BCUT2D eigenvalue weighted by atomic mass is 10.3. The third kappa shape index (κ3) is 3.81. The second-order valence-corrected chi connectivity index (χ2v) is 5.56. The number of thioether (sulfide) groups is 1. The van der Waals surface area contributed by atoms with E-state index in [2.05, 4.69) is 9.97 Å². The van der Waals surface area contributed by atoms with Crippen LogP contribution in [0.3, 0.4) is 0 Å². The van der Waals surface area contributed by atoms with Crippen LogP contribution in [0.2, 0.25) is 10.3 Å². The molecule has 0 radical (unpaired) electrons. The molecule has 1 heterocycles. The van der Waals surface area contributed by atoms with Gasteiger partial charge in [0.15, 0.2) is 0 Å². The van der Waals surface area contributed by atoms with Gasteiger partial charge in [0.05, 0.1) is 5.75 Å². The van der Waals surface area contributed by atoms with Crippen molar-refractivity contribution in [3.63, 3.8) is 0 Å². The fourth-order valence-corrected chi connectivity index (χ4v) is 3.02. The van der Waals surface area contributed by atoms with Crippen LogP contribution in [0.25, 0.3) is 0 Å². The fourth-order valence-electron chi connectivity index (χ4n) is 1.53. The molecule has 1 aromatic heterocycles. The van der Waals surface area contributed by atoms with E-state index < -0.39 is 0 Å². The van der Waals surface area contributed by atoms with Gasteiger partial charge in [0, 0.05) is 10.5 Å². The Morgan fingerprint density at radius 1 is 1.21 bits per heavy atom. The van der Waals surface area contributed by atoms with Crippen molar-refractivity contribution in [1.29, 1.82) is 0 Å². The van der Waals surface area contributed by atoms with Crippen molar-refractivity contribution in [2.45, 2.75) is 24.0 Å². The summed E-state index contributed by atoms with van der Waals surface area (Å²) in [6.07, 6.45) is 0.689. The standard InChI is InChI=1S/C13H11Cl2FN2S/c1-2-10-12(14)17-11(18-13(10)15)7-19-9-5-3-4-8(16)6-9/h3-6H,2,7H2,1H3. The number of rotatable bonds is 4. The molecule has 19 heavy (non-hydrogen) atoms. The van der Waals surface area contributed by atoms with Gasteiger partial charge in [-0.1, -0.05) is 36.2 Å². The molecule has 0 bridgehead atoms. The summed E-state index contributed by atoms with van der Waals surface area (Å²) in [7, 11) is 0. The molecule has 0 spiro atoms. The van der Waals surface area contributed by atoms with Gasteiger partial charge in [0.2, 0.25) is 0 Å². The molecule has 0 saturated carbocycles. The van der Waals surface area contributed by atoms with Crippen LogP contribution in [-0.4, -0.2) is 9.97 Å². The molecule has 0 unspecified atom stereocenters. The van der Waals surface area contributed by atoms with Gasteiger partial charge in [-0.05, 0) is 24.6 Å². The molecule has 1 aromatic carbocycles. The second-order valence-electron chi connectivity index (χ2n) is 3.80. The number of hydrogen-bond acceptors (Lipinski definition) is 3. The van der Waals surface area contributed by atoms with Gasteiger partial charge in [0.25, 0.3) is 0 Å². The van der Waals surface area contributed by atoms with Crippen molar-refractivity contribution >= 4 is 35.0 Å². The zero-order valence-corrected chi connectivity index (χ0v) is 12.5. The molecule has 2 rings (SSSR count). The van der Waals surface area contributed by atoms with Crippen molar-refractivity contribution in [2.24, 2.45) is 0 Å². The summed E-state index contributed by atoms with van der Waals surface area (Å²) in [6.45, 7) is 1.94. The third-order valence-corrected chi connectivity index (χ3v) is 4.09. The molecule has 2 nitrogen and oxygen atoms in total.